The van der Waals surface area contributed by atoms with Gasteiger partial charge in [0.15, 0.2) is 0 Å². The number of unbranched alkanes of at least 4 members (excludes halogenated alkanes) is 6. The summed E-state index contributed by atoms with van der Waals surface area (Å²) in [4.78, 5) is 18.9. The summed E-state index contributed by atoms with van der Waals surface area (Å²) in [7, 11) is 0. The molecule has 0 saturated heterocycles. The van der Waals surface area contributed by atoms with Gasteiger partial charge in [0.25, 0.3) is 0 Å². The van der Waals surface area contributed by atoms with Gasteiger partial charge in [-0.05, 0) is 0 Å². The fraction of sp³-hybridized carbons (Fsp3) is 0.889. The molecule has 0 aliphatic rings. The van der Waals surface area contributed by atoms with Crippen molar-refractivity contribution >= 4 is 59.2 Å². The number of carbonyl (C=O) groups is 2. The van der Waals surface area contributed by atoms with E-state index in [4.69, 9.17) is 10.2 Å². The molecule has 0 aliphatic carbocycles. The second kappa shape index (κ2) is 18.3. The molecule has 0 heterocycles. The molecule has 0 radical (unpaired) electrons. The van der Waals surface area contributed by atoms with E-state index in [1.165, 1.54) is 56.5 Å². The van der Waals surface area contributed by atoms with Gasteiger partial charge in [-0.3, -0.25) is 9.59 Å². The summed E-state index contributed by atoms with van der Waals surface area (Å²) in [5.41, 5.74) is 0.511. The van der Waals surface area contributed by atoms with Crippen molar-refractivity contribution in [3.8, 4) is 0 Å². The average Bonchev–Trinajstić information content (AvgIpc) is 2.39. The third-order valence-electron chi connectivity index (χ3n) is 4.18. The zero-order valence-corrected chi connectivity index (χ0v) is 15.9. The monoisotopic (exact) mass is 346 g/mol. The molecule has 0 aromatic carbocycles. The molecule has 1 atom stereocenters. The number of aliphatic carboxylic acids is 2. The van der Waals surface area contributed by atoms with Gasteiger partial charge < -0.3 is 10.2 Å². The molecule has 1 unspecified atom stereocenters. The van der Waals surface area contributed by atoms with Gasteiger partial charge in [-0.15, -0.1) is 0 Å². The molecule has 24 heavy (non-hydrogen) atoms. The Morgan fingerprint density at radius 3 is 1.62 bits per heavy atom. The maximum atomic E-state index is 9.43. The molecule has 2 N–H and O–H groups in total. The van der Waals surface area contributed by atoms with Gasteiger partial charge in [0.1, 0.15) is 6.42 Å². The van der Waals surface area contributed by atoms with Crippen LogP contribution in [-0.4, -0.2) is 69.4 Å². The topological polar surface area (TPSA) is 74.6 Å². The van der Waals surface area contributed by atoms with Gasteiger partial charge in [-0.1, -0.05) is 0 Å². The standard InChI is InChI=1S/C15H31.C3H4O4.Li.Na.H/c1-6-7-8-9-10-11-12-13-14(2)15(3,4)5;4-2(5)1-3(6)7;;;/h14H,2,6-13H2,1,3-5H3;1H2,(H,4,5)(H,6,7);;;. The molecule has 4 nitrogen and oxygen atoms in total. The van der Waals surface area contributed by atoms with E-state index < -0.39 is 18.4 Å². The molecular formula is C18H36LiNaO4. The van der Waals surface area contributed by atoms with Crippen LogP contribution < -0.4 is 0 Å². The molecular weight excluding hydrogens is 310 g/mol. The van der Waals surface area contributed by atoms with Crippen LogP contribution in [0.5, 0.6) is 0 Å². The Labute approximate surface area is 180 Å². The van der Waals surface area contributed by atoms with Crippen LogP contribution in [0.25, 0.3) is 0 Å². The van der Waals surface area contributed by atoms with Crippen LogP contribution >= 0.6 is 0 Å². The van der Waals surface area contributed by atoms with Gasteiger partial charge in [0.2, 0.25) is 0 Å². The maximum absolute atomic E-state index is 9.43. The van der Waals surface area contributed by atoms with E-state index in [2.05, 4.69) is 45.4 Å². The van der Waals surface area contributed by atoms with Crippen LogP contribution in [-0.2, 0) is 9.59 Å². The van der Waals surface area contributed by atoms with Crippen LogP contribution in [0.4, 0.5) is 0 Å². The number of carboxylic acid groups (broad SMARTS) is 2. The second-order valence-corrected chi connectivity index (χ2v) is 7.35. The molecule has 0 aliphatic heterocycles. The summed E-state index contributed by atoms with van der Waals surface area (Å²) in [6.07, 6.45) is 10.7. The summed E-state index contributed by atoms with van der Waals surface area (Å²) in [6.45, 7) is 9.46. The van der Waals surface area contributed by atoms with Crippen molar-refractivity contribution in [2.45, 2.75) is 90.6 Å². The predicted molar refractivity (Wildman–Crippen MR) is 103 cm³/mol. The molecule has 0 fully saturated rings. The van der Waals surface area contributed by atoms with Crippen molar-refractivity contribution in [2.75, 3.05) is 0 Å². The van der Waals surface area contributed by atoms with Crippen molar-refractivity contribution in [3.05, 3.63) is 0 Å². The van der Waals surface area contributed by atoms with Crippen LogP contribution in [0.1, 0.15) is 85.5 Å². The number of rotatable bonds is 11. The molecule has 6 heteroatoms. The van der Waals surface area contributed by atoms with E-state index in [9.17, 15) is 9.59 Å². The molecule has 0 spiro atoms. The van der Waals surface area contributed by atoms with Crippen molar-refractivity contribution in [1.29, 1.82) is 0 Å². The fourth-order valence-corrected chi connectivity index (χ4v) is 2.73. The van der Waals surface area contributed by atoms with Crippen LogP contribution in [0.2, 0.25) is 5.09 Å². The van der Waals surface area contributed by atoms with E-state index in [0.29, 0.717) is 5.41 Å². The summed E-state index contributed by atoms with van der Waals surface area (Å²) < 4.78 is 0. The van der Waals surface area contributed by atoms with Gasteiger partial charge in [0, 0.05) is 0 Å². The third kappa shape index (κ3) is 22.5. The Kier molecular flexibility index (Phi) is 22.4. The Morgan fingerprint density at radius 2 is 1.33 bits per heavy atom. The van der Waals surface area contributed by atoms with Crippen molar-refractivity contribution in [3.63, 3.8) is 0 Å². The first-order valence-corrected chi connectivity index (χ1v) is 9.08. The third-order valence-corrected chi connectivity index (χ3v) is 4.18. The Bertz CT molecular complexity index is 305. The molecule has 0 amide bonds. The van der Waals surface area contributed by atoms with Gasteiger partial charge in [-0.25, -0.2) is 0 Å². The Balaban J connectivity index is -0.000000468. The van der Waals surface area contributed by atoms with E-state index in [1.54, 1.807) is 0 Å². The van der Waals surface area contributed by atoms with Gasteiger partial charge in [-0.2, -0.15) is 0 Å². The number of carboxylic acids is 2. The minimum atomic E-state index is -1.31. The first-order chi connectivity index (χ1) is 10.6. The first-order valence-electron chi connectivity index (χ1n) is 9.08. The summed E-state index contributed by atoms with van der Waals surface area (Å²) in [6, 6.07) is 0. The van der Waals surface area contributed by atoms with E-state index in [-0.39, 0.29) is 29.6 Å². The molecule has 134 valence electrons. The summed E-state index contributed by atoms with van der Waals surface area (Å²) in [5, 5.41) is 16.8. The van der Waals surface area contributed by atoms with Crippen LogP contribution in [0.15, 0.2) is 0 Å². The van der Waals surface area contributed by atoms with E-state index >= 15 is 0 Å². The van der Waals surface area contributed by atoms with Crippen LogP contribution in [0, 0.1) is 11.3 Å². The zero-order valence-electron chi connectivity index (χ0n) is 15.9. The van der Waals surface area contributed by atoms with E-state index in [0.717, 1.165) is 5.92 Å². The van der Waals surface area contributed by atoms with Gasteiger partial charge in [0.05, 0.1) is 0 Å². The van der Waals surface area contributed by atoms with Crippen LogP contribution in [0.3, 0.4) is 0 Å². The number of hydrogen-bond acceptors (Lipinski definition) is 2. The molecule has 0 bridgehead atoms. The Morgan fingerprint density at radius 1 is 0.917 bits per heavy atom. The molecule has 0 aromatic heterocycles. The predicted octanol–water partition coefficient (Wildman–Crippen LogP) is 4.27. The molecule has 0 rings (SSSR count). The quantitative estimate of drug-likeness (QED) is 0.333. The average molecular weight is 346 g/mol. The normalized spacial score (nSPS) is 11.8. The second-order valence-electron chi connectivity index (χ2n) is 7.35. The SMILES string of the molecule is O=C(O)CC(=O)O.[Li][CH2]C(CCCCCCCCC)C(C)(C)C.[NaH]. The van der Waals surface area contributed by atoms with Gasteiger partial charge >= 0.3 is 155 Å². The number of hydrogen-bond donors (Lipinski definition) is 2. The fourth-order valence-electron chi connectivity index (χ4n) is 2.73. The minimum absolute atomic E-state index is 0. The molecule has 0 aromatic rings. The summed E-state index contributed by atoms with van der Waals surface area (Å²) in [5.74, 6) is -1.71. The van der Waals surface area contributed by atoms with E-state index in [1.807, 2.05) is 0 Å². The van der Waals surface area contributed by atoms with Crippen molar-refractivity contribution in [1.82, 2.24) is 0 Å². The summed E-state index contributed by atoms with van der Waals surface area (Å²) >= 11 is 2.34. The van der Waals surface area contributed by atoms with Crippen molar-refractivity contribution < 1.29 is 19.8 Å². The Hall–Kier alpha value is 0.537. The van der Waals surface area contributed by atoms with Crippen molar-refractivity contribution in [2.24, 2.45) is 11.3 Å². The first kappa shape index (κ1) is 29.3. The molecule has 0 saturated carbocycles. The zero-order chi connectivity index (χ0) is 18.3.